The number of rotatable bonds is 5. The molecule has 9 heteroatoms. The predicted octanol–water partition coefficient (Wildman–Crippen LogP) is 5.30. The number of halogens is 2. The number of hydrogen-bond donors (Lipinski definition) is 1. The van der Waals surface area contributed by atoms with Crippen LogP contribution >= 0.6 is 34.5 Å². The molecule has 3 aromatic rings. The Labute approximate surface area is 176 Å². The van der Waals surface area contributed by atoms with Gasteiger partial charge in [-0.15, -0.1) is 10.2 Å². The molecule has 2 heterocycles. The van der Waals surface area contributed by atoms with Crippen molar-refractivity contribution in [2.75, 3.05) is 5.32 Å². The second-order valence-corrected chi connectivity index (χ2v) is 8.04. The highest BCUT2D eigenvalue weighted by Gasteiger charge is 2.15. The van der Waals surface area contributed by atoms with E-state index < -0.39 is 5.91 Å². The fourth-order valence-corrected chi connectivity index (χ4v) is 3.66. The molecule has 1 aromatic carbocycles. The summed E-state index contributed by atoms with van der Waals surface area (Å²) in [4.78, 5) is 12.5. The first-order valence-corrected chi connectivity index (χ1v) is 9.85. The van der Waals surface area contributed by atoms with E-state index in [0.717, 1.165) is 10.7 Å². The molecule has 3 rings (SSSR count). The molecule has 28 heavy (non-hydrogen) atoms. The zero-order valence-electron chi connectivity index (χ0n) is 15.0. The number of carbonyl (C=O) groups is 1. The second kappa shape index (κ2) is 8.57. The van der Waals surface area contributed by atoms with Crippen molar-refractivity contribution in [3.05, 3.63) is 62.8 Å². The monoisotopic (exact) mass is 431 g/mol. The fourth-order valence-electron chi connectivity index (χ4n) is 2.40. The molecule has 0 aliphatic rings. The van der Waals surface area contributed by atoms with Gasteiger partial charge in [0.15, 0.2) is 0 Å². The first-order chi connectivity index (χ1) is 13.4. The number of nitrogens with one attached hydrogen (secondary N) is 1. The van der Waals surface area contributed by atoms with Crippen LogP contribution < -0.4 is 5.32 Å². The van der Waals surface area contributed by atoms with Crippen molar-refractivity contribution in [2.45, 2.75) is 19.8 Å². The Morgan fingerprint density at radius 3 is 2.61 bits per heavy atom. The first kappa shape index (κ1) is 20.1. The average molecular weight is 432 g/mol. The van der Waals surface area contributed by atoms with E-state index in [-0.39, 0.29) is 11.5 Å². The number of anilines is 1. The summed E-state index contributed by atoms with van der Waals surface area (Å²) in [5, 5.41) is 22.2. The van der Waals surface area contributed by atoms with E-state index in [0.29, 0.717) is 20.9 Å². The Balaban J connectivity index is 1.88. The minimum absolute atomic E-state index is 0.0608. The Kier molecular flexibility index (Phi) is 6.15. The SMILES string of the molecule is CC(C)c1nnc(NC(=O)/C(C#N)=C\c2cccn2-c2cc(Cl)cc(Cl)c2)s1. The van der Waals surface area contributed by atoms with Crippen molar-refractivity contribution in [3.8, 4) is 11.8 Å². The van der Waals surface area contributed by atoms with Gasteiger partial charge in [-0.05, 0) is 36.4 Å². The second-order valence-electron chi connectivity index (χ2n) is 6.15. The number of benzene rings is 1. The zero-order valence-corrected chi connectivity index (χ0v) is 17.3. The van der Waals surface area contributed by atoms with Gasteiger partial charge < -0.3 is 4.57 Å². The fraction of sp³-hybridized carbons (Fsp3) is 0.158. The van der Waals surface area contributed by atoms with E-state index in [9.17, 15) is 10.1 Å². The van der Waals surface area contributed by atoms with E-state index in [4.69, 9.17) is 23.2 Å². The third-order valence-corrected chi connectivity index (χ3v) is 5.29. The van der Waals surface area contributed by atoms with Crippen molar-refractivity contribution < 1.29 is 4.79 Å². The molecule has 0 spiro atoms. The smallest absolute Gasteiger partial charge is 0.268 e. The molecule has 0 fully saturated rings. The number of nitrogens with zero attached hydrogens (tertiary/aromatic N) is 4. The summed E-state index contributed by atoms with van der Waals surface area (Å²) in [6.07, 6.45) is 3.29. The van der Waals surface area contributed by atoms with Crippen LogP contribution in [0.1, 0.15) is 30.5 Å². The minimum atomic E-state index is -0.550. The summed E-state index contributed by atoms with van der Waals surface area (Å²) >= 11 is 13.4. The number of aromatic nitrogens is 3. The third-order valence-electron chi connectivity index (χ3n) is 3.72. The van der Waals surface area contributed by atoms with Gasteiger partial charge in [0.2, 0.25) is 5.13 Å². The summed E-state index contributed by atoms with van der Waals surface area (Å²) in [5.41, 5.74) is 1.29. The number of nitriles is 1. The standard InChI is InChI=1S/C19H15Cl2N5OS/c1-11(2)18-24-25-19(28-18)23-17(27)12(10-22)6-15-4-3-5-26(15)16-8-13(20)7-14(21)9-16/h3-9,11H,1-2H3,(H,23,25,27)/b12-6-. The molecular formula is C19H15Cl2N5OS. The van der Waals surface area contributed by atoms with Crippen molar-refractivity contribution in [2.24, 2.45) is 0 Å². The van der Waals surface area contributed by atoms with Crippen LogP contribution in [0.5, 0.6) is 0 Å². The number of carbonyl (C=O) groups excluding carboxylic acids is 1. The highest BCUT2D eigenvalue weighted by molar-refractivity contribution is 7.15. The summed E-state index contributed by atoms with van der Waals surface area (Å²) in [6.45, 7) is 3.98. The van der Waals surface area contributed by atoms with Crippen molar-refractivity contribution >= 4 is 51.7 Å². The molecule has 0 radical (unpaired) electrons. The summed E-state index contributed by atoms with van der Waals surface area (Å²) in [6, 6.07) is 10.6. The predicted molar refractivity (Wildman–Crippen MR) is 112 cm³/mol. The quantitative estimate of drug-likeness (QED) is 0.438. The lowest BCUT2D eigenvalue weighted by molar-refractivity contribution is -0.112. The Morgan fingerprint density at radius 2 is 2.00 bits per heavy atom. The van der Waals surface area contributed by atoms with Crippen LogP contribution in [0.4, 0.5) is 5.13 Å². The Morgan fingerprint density at radius 1 is 1.29 bits per heavy atom. The lowest BCUT2D eigenvalue weighted by Gasteiger charge is -2.08. The van der Waals surface area contributed by atoms with Gasteiger partial charge in [-0.25, -0.2) is 0 Å². The van der Waals surface area contributed by atoms with Crippen LogP contribution in [0.3, 0.4) is 0 Å². The average Bonchev–Trinajstić information content (AvgIpc) is 3.28. The molecule has 142 valence electrons. The lowest BCUT2D eigenvalue weighted by Crippen LogP contribution is -2.13. The zero-order chi connectivity index (χ0) is 20.3. The van der Waals surface area contributed by atoms with Crippen LogP contribution in [0.15, 0.2) is 42.1 Å². The van der Waals surface area contributed by atoms with E-state index >= 15 is 0 Å². The Hall–Kier alpha value is -2.66. The maximum absolute atomic E-state index is 12.5. The van der Waals surface area contributed by atoms with Crippen LogP contribution in [0.25, 0.3) is 11.8 Å². The van der Waals surface area contributed by atoms with Gasteiger partial charge in [-0.2, -0.15) is 5.26 Å². The van der Waals surface area contributed by atoms with Gasteiger partial charge in [-0.1, -0.05) is 48.4 Å². The van der Waals surface area contributed by atoms with E-state index in [1.807, 2.05) is 19.9 Å². The van der Waals surface area contributed by atoms with E-state index in [2.05, 4.69) is 15.5 Å². The van der Waals surface area contributed by atoms with Crippen molar-refractivity contribution in [1.29, 1.82) is 5.26 Å². The van der Waals surface area contributed by atoms with Crippen LogP contribution in [-0.2, 0) is 4.79 Å². The van der Waals surface area contributed by atoms with Crippen LogP contribution in [0.2, 0.25) is 10.0 Å². The molecular weight excluding hydrogens is 417 g/mol. The molecule has 0 atom stereocenters. The van der Waals surface area contributed by atoms with E-state index in [1.54, 1.807) is 41.1 Å². The van der Waals surface area contributed by atoms with Gasteiger partial charge in [0.25, 0.3) is 5.91 Å². The lowest BCUT2D eigenvalue weighted by atomic mass is 10.2. The van der Waals surface area contributed by atoms with Gasteiger partial charge >= 0.3 is 0 Å². The minimum Gasteiger partial charge on any atom is -0.317 e. The van der Waals surface area contributed by atoms with Gasteiger partial charge in [-0.3, -0.25) is 10.1 Å². The molecule has 0 aliphatic heterocycles. The number of hydrogen-bond acceptors (Lipinski definition) is 5. The molecule has 0 saturated carbocycles. The summed E-state index contributed by atoms with van der Waals surface area (Å²) in [5.74, 6) is -0.340. The van der Waals surface area contributed by atoms with E-state index in [1.165, 1.54) is 17.4 Å². The normalized spacial score (nSPS) is 11.5. The summed E-state index contributed by atoms with van der Waals surface area (Å²) in [7, 11) is 0. The molecule has 0 saturated heterocycles. The largest absolute Gasteiger partial charge is 0.317 e. The van der Waals surface area contributed by atoms with Crippen LogP contribution in [0, 0.1) is 11.3 Å². The van der Waals surface area contributed by atoms with Gasteiger partial charge in [0.05, 0.1) is 0 Å². The molecule has 1 amide bonds. The topological polar surface area (TPSA) is 83.6 Å². The highest BCUT2D eigenvalue weighted by Crippen LogP contribution is 2.25. The van der Waals surface area contributed by atoms with Gasteiger partial charge in [0.1, 0.15) is 16.6 Å². The molecule has 2 aromatic heterocycles. The Bertz CT molecular complexity index is 1070. The third kappa shape index (κ3) is 4.60. The summed E-state index contributed by atoms with van der Waals surface area (Å²) < 4.78 is 1.78. The molecule has 0 unspecified atom stereocenters. The van der Waals surface area contributed by atoms with Crippen molar-refractivity contribution in [1.82, 2.24) is 14.8 Å². The maximum atomic E-state index is 12.5. The highest BCUT2D eigenvalue weighted by atomic mass is 35.5. The first-order valence-electron chi connectivity index (χ1n) is 8.27. The van der Waals surface area contributed by atoms with Crippen molar-refractivity contribution in [3.63, 3.8) is 0 Å². The van der Waals surface area contributed by atoms with Gasteiger partial charge in [0, 0.05) is 33.5 Å². The number of amides is 1. The molecule has 1 N–H and O–H groups in total. The molecule has 6 nitrogen and oxygen atoms in total. The van der Waals surface area contributed by atoms with Crippen LogP contribution in [-0.4, -0.2) is 20.7 Å². The molecule has 0 bridgehead atoms. The molecule has 0 aliphatic carbocycles. The maximum Gasteiger partial charge on any atom is 0.268 e.